The van der Waals surface area contributed by atoms with E-state index in [0.717, 1.165) is 55.5 Å². The zero-order valence-corrected chi connectivity index (χ0v) is 15.6. The SMILES string of the molecule is O=C(CN1CCC(CN2CCOCC2)CC1)Nc1ccc(Br)cc1. The Labute approximate surface area is 152 Å². The van der Waals surface area contributed by atoms with Crippen LogP contribution < -0.4 is 5.32 Å². The zero-order chi connectivity index (χ0) is 16.8. The quantitative estimate of drug-likeness (QED) is 0.831. The number of amides is 1. The van der Waals surface area contributed by atoms with E-state index in [1.165, 1.54) is 19.4 Å². The third kappa shape index (κ3) is 5.55. The fourth-order valence-corrected chi connectivity index (χ4v) is 3.68. The van der Waals surface area contributed by atoms with Crippen molar-refractivity contribution in [1.82, 2.24) is 9.80 Å². The van der Waals surface area contributed by atoms with Crippen LogP contribution in [0.25, 0.3) is 0 Å². The molecule has 2 heterocycles. The molecule has 1 aromatic rings. The van der Waals surface area contributed by atoms with E-state index in [-0.39, 0.29) is 5.91 Å². The Kier molecular flexibility index (Phi) is 6.66. The van der Waals surface area contributed by atoms with Crippen molar-refractivity contribution in [2.45, 2.75) is 12.8 Å². The van der Waals surface area contributed by atoms with Gasteiger partial charge in [-0.15, -0.1) is 0 Å². The van der Waals surface area contributed by atoms with Crippen LogP contribution in [-0.4, -0.2) is 68.2 Å². The fourth-order valence-electron chi connectivity index (χ4n) is 3.41. The van der Waals surface area contributed by atoms with Gasteiger partial charge in [-0.05, 0) is 56.1 Å². The molecule has 24 heavy (non-hydrogen) atoms. The minimum atomic E-state index is 0.0731. The number of nitrogens with zero attached hydrogens (tertiary/aromatic N) is 2. The lowest BCUT2D eigenvalue weighted by Crippen LogP contribution is -2.44. The van der Waals surface area contributed by atoms with Crippen molar-refractivity contribution in [3.63, 3.8) is 0 Å². The second-order valence-electron chi connectivity index (χ2n) is 6.69. The minimum Gasteiger partial charge on any atom is -0.379 e. The molecular formula is C18H26BrN3O2. The maximum atomic E-state index is 12.2. The maximum absolute atomic E-state index is 12.2. The highest BCUT2D eigenvalue weighted by molar-refractivity contribution is 9.10. The van der Waals surface area contributed by atoms with Crippen LogP contribution in [0, 0.1) is 5.92 Å². The van der Waals surface area contributed by atoms with Crippen molar-refractivity contribution in [2.75, 3.05) is 57.8 Å². The summed E-state index contributed by atoms with van der Waals surface area (Å²) < 4.78 is 6.42. The van der Waals surface area contributed by atoms with E-state index in [0.29, 0.717) is 6.54 Å². The van der Waals surface area contributed by atoms with Crippen LogP contribution in [0.1, 0.15) is 12.8 Å². The Morgan fingerprint density at radius 3 is 2.42 bits per heavy atom. The molecule has 1 amide bonds. The molecule has 0 bridgehead atoms. The molecule has 1 aromatic carbocycles. The average molecular weight is 396 g/mol. The molecule has 0 atom stereocenters. The summed E-state index contributed by atoms with van der Waals surface area (Å²) in [5.74, 6) is 0.831. The molecular weight excluding hydrogens is 370 g/mol. The van der Waals surface area contributed by atoms with Crippen LogP contribution in [0.5, 0.6) is 0 Å². The van der Waals surface area contributed by atoms with Crippen LogP contribution >= 0.6 is 15.9 Å². The average Bonchev–Trinajstić information content (AvgIpc) is 2.60. The van der Waals surface area contributed by atoms with E-state index in [2.05, 4.69) is 31.0 Å². The number of piperidine rings is 1. The van der Waals surface area contributed by atoms with Gasteiger partial charge in [-0.1, -0.05) is 15.9 Å². The number of hydrogen-bond acceptors (Lipinski definition) is 4. The van der Waals surface area contributed by atoms with Gasteiger partial charge in [0.2, 0.25) is 5.91 Å². The van der Waals surface area contributed by atoms with Crippen molar-refractivity contribution in [1.29, 1.82) is 0 Å². The Morgan fingerprint density at radius 2 is 1.75 bits per heavy atom. The normalized spacial score (nSPS) is 20.9. The number of halogens is 1. The van der Waals surface area contributed by atoms with Crippen LogP contribution in [0.2, 0.25) is 0 Å². The number of rotatable bonds is 5. The third-order valence-electron chi connectivity index (χ3n) is 4.82. The van der Waals surface area contributed by atoms with E-state index >= 15 is 0 Å². The molecule has 0 radical (unpaired) electrons. The van der Waals surface area contributed by atoms with Crippen molar-refractivity contribution < 1.29 is 9.53 Å². The smallest absolute Gasteiger partial charge is 0.238 e. The predicted molar refractivity (Wildman–Crippen MR) is 99.2 cm³/mol. The van der Waals surface area contributed by atoms with Gasteiger partial charge in [-0.2, -0.15) is 0 Å². The van der Waals surface area contributed by atoms with Crippen LogP contribution in [0.15, 0.2) is 28.7 Å². The van der Waals surface area contributed by atoms with E-state index in [4.69, 9.17) is 4.74 Å². The van der Waals surface area contributed by atoms with Gasteiger partial charge in [0.25, 0.3) is 0 Å². The summed E-state index contributed by atoms with van der Waals surface area (Å²) in [5, 5.41) is 2.97. The lowest BCUT2D eigenvalue weighted by atomic mass is 9.96. The molecule has 2 saturated heterocycles. The molecule has 0 saturated carbocycles. The number of likely N-dealkylation sites (tertiary alicyclic amines) is 1. The largest absolute Gasteiger partial charge is 0.379 e. The highest BCUT2D eigenvalue weighted by Gasteiger charge is 2.23. The molecule has 2 aliphatic heterocycles. The number of ether oxygens (including phenoxy) is 1. The topological polar surface area (TPSA) is 44.8 Å². The molecule has 0 aromatic heterocycles. The predicted octanol–water partition coefficient (Wildman–Crippen LogP) is 2.43. The Hall–Kier alpha value is -0.950. The van der Waals surface area contributed by atoms with Gasteiger partial charge in [0.05, 0.1) is 19.8 Å². The van der Waals surface area contributed by atoms with Crippen molar-refractivity contribution >= 4 is 27.5 Å². The number of benzene rings is 1. The molecule has 2 fully saturated rings. The number of hydrogen-bond donors (Lipinski definition) is 1. The second kappa shape index (κ2) is 8.94. The lowest BCUT2D eigenvalue weighted by molar-refractivity contribution is -0.117. The Morgan fingerprint density at radius 1 is 1.08 bits per heavy atom. The van der Waals surface area contributed by atoms with Gasteiger partial charge in [0, 0.05) is 29.8 Å². The van der Waals surface area contributed by atoms with E-state index < -0.39 is 0 Å². The number of morpholine rings is 1. The molecule has 0 spiro atoms. The highest BCUT2D eigenvalue weighted by Crippen LogP contribution is 2.19. The molecule has 0 unspecified atom stereocenters. The molecule has 0 aliphatic carbocycles. The monoisotopic (exact) mass is 395 g/mol. The number of carbonyl (C=O) groups is 1. The standard InChI is InChI=1S/C18H26BrN3O2/c19-16-1-3-17(4-2-16)20-18(23)14-21-7-5-15(6-8-21)13-22-9-11-24-12-10-22/h1-4,15H,5-14H2,(H,20,23). The number of nitrogens with one attached hydrogen (secondary N) is 1. The molecule has 3 rings (SSSR count). The van der Waals surface area contributed by atoms with Crippen molar-refractivity contribution in [3.8, 4) is 0 Å². The van der Waals surface area contributed by atoms with Gasteiger partial charge < -0.3 is 10.1 Å². The summed E-state index contributed by atoms with van der Waals surface area (Å²) in [5.41, 5.74) is 0.852. The first-order valence-corrected chi connectivity index (χ1v) is 9.56. The lowest BCUT2D eigenvalue weighted by Gasteiger charge is -2.35. The molecule has 5 nitrogen and oxygen atoms in total. The van der Waals surface area contributed by atoms with Crippen LogP contribution in [0.4, 0.5) is 5.69 Å². The Bertz CT molecular complexity index is 524. The van der Waals surface area contributed by atoms with Gasteiger partial charge in [0.15, 0.2) is 0 Å². The molecule has 6 heteroatoms. The van der Waals surface area contributed by atoms with E-state index in [9.17, 15) is 4.79 Å². The first kappa shape index (κ1) is 17.9. The number of anilines is 1. The van der Waals surface area contributed by atoms with Gasteiger partial charge in [-0.25, -0.2) is 0 Å². The molecule has 1 N–H and O–H groups in total. The highest BCUT2D eigenvalue weighted by atomic mass is 79.9. The van der Waals surface area contributed by atoms with Crippen molar-refractivity contribution in [3.05, 3.63) is 28.7 Å². The summed E-state index contributed by atoms with van der Waals surface area (Å²) in [4.78, 5) is 17.0. The Balaban J connectivity index is 1.37. The zero-order valence-electron chi connectivity index (χ0n) is 14.0. The molecule has 2 aliphatic rings. The molecule has 132 valence electrons. The first-order chi connectivity index (χ1) is 11.7. The second-order valence-corrected chi connectivity index (χ2v) is 7.60. The van der Waals surface area contributed by atoms with Gasteiger partial charge in [-0.3, -0.25) is 14.6 Å². The first-order valence-electron chi connectivity index (χ1n) is 8.77. The summed E-state index contributed by atoms with van der Waals surface area (Å²) >= 11 is 3.40. The van der Waals surface area contributed by atoms with E-state index in [1.54, 1.807) is 0 Å². The summed E-state index contributed by atoms with van der Waals surface area (Å²) in [6, 6.07) is 7.70. The van der Waals surface area contributed by atoms with Gasteiger partial charge in [0.1, 0.15) is 0 Å². The summed E-state index contributed by atoms with van der Waals surface area (Å²) in [6.45, 7) is 7.57. The summed E-state index contributed by atoms with van der Waals surface area (Å²) in [6.07, 6.45) is 2.37. The third-order valence-corrected chi connectivity index (χ3v) is 5.35. The summed E-state index contributed by atoms with van der Waals surface area (Å²) in [7, 11) is 0. The van der Waals surface area contributed by atoms with Gasteiger partial charge >= 0.3 is 0 Å². The van der Waals surface area contributed by atoms with Crippen LogP contribution in [-0.2, 0) is 9.53 Å². The number of carbonyl (C=O) groups excluding carboxylic acids is 1. The van der Waals surface area contributed by atoms with Crippen LogP contribution in [0.3, 0.4) is 0 Å². The fraction of sp³-hybridized carbons (Fsp3) is 0.611. The maximum Gasteiger partial charge on any atom is 0.238 e. The van der Waals surface area contributed by atoms with Crippen molar-refractivity contribution in [2.24, 2.45) is 5.92 Å². The van der Waals surface area contributed by atoms with E-state index in [1.807, 2.05) is 24.3 Å². The minimum absolute atomic E-state index is 0.0731.